The number of nitrogens with one attached hydrogen (secondary N) is 1. The van der Waals surface area contributed by atoms with Crippen molar-refractivity contribution < 1.29 is 4.79 Å². The van der Waals surface area contributed by atoms with Crippen LogP contribution in [0.4, 0.5) is 5.69 Å². The van der Waals surface area contributed by atoms with Crippen molar-refractivity contribution in [3.63, 3.8) is 0 Å². The van der Waals surface area contributed by atoms with Crippen molar-refractivity contribution in [2.24, 2.45) is 5.92 Å². The Kier molecular flexibility index (Phi) is 4.28. The lowest BCUT2D eigenvalue weighted by molar-refractivity contribution is -0.120. The van der Waals surface area contributed by atoms with Gasteiger partial charge in [-0.1, -0.05) is 19.9 Å². The summed E-state index contributed by atoms with van der Waals surface area (Å²) in [7, 11) is 0. The van der Waals surface area contributed by atoms with E-state index in [1.54, 1.807) is 0 Å². The Morgan fingerprint density at radius 2 is 1.75 bits per heavy atom. The standard InChI is InChI=1S/C17H22N2O/c1-12(2)16(19-9-5-6-10-19)17(20)18-15-8-7-13(3)14(4)11-15/h5-12,16H,1-4H3,(H,18,20). The Morgan fingerprint density at radius 3 is 2.30 bits per heavy atom. The van der Waals surface area contributed by atoms with E-state index in [2.05, 4.69) is 33.0 Å². The predicted molar refractivity (Wildman–Crippen MR) is 82.9 cm³/mol. The van der Waals surface area contributed by atoms with Crippen molar-refractivity contribution in [2.75, 3.05) is 5.32 Å². The summed E-state index contributed by atoms with van der Waals surface area (Å²) in [6, 6.07) is 9.70. The zero-order chi connectivity index (χ0) is 14.7. The number of carbonyl (C=O) groups is 1. The van der Waals surface area contributed by atoms with Crippen molar-refractivity contribution in [3.05, 3.63) is 53.9 Å². The molecule has 1 aromatic heterocycles. The van der Waals surface area contributed by atoms with Crippen molar-refractivity contribution in [1.29, 1.82) is 0 Å². The maximum atomic E-state index is 12.5. The molecule has 1 heterocycles. The molecule has 0 fully saturated rings. The molecule has 2 aromatic rings. The number of carbonyl (C=O) groups excluding carboxylic acids is 1. The number of hydrogen-bond donors (Lipinski definition) is 1. The van der Waals surface area contributed by atoms with Gasteiger partial charge in [0.2, 0.25) is 5.91 Å². The summed E-state index contributed by atoms with van der Waals surface area (Å²) in [5.41, 5.74) is 3.27. The minimum atomic E-state index is -0.188. The number of benzene rings is 1. The lowest BCUT2D eigenvalue weighted by Gasteiger charge is -2.22. The van der Waals surface area contributed by atoms with Crippen LogP contribution >= 0.6 is 0 Å². The smallest absolute Gasteiger partial charge is 0.247 e. The summed E-state index contributed by atoms with van der Waals surface area (Å²) in [6.07, 6.45) is 3.87. The molecule has 0 spiro atoms. The quantitative estimate of drug-likeness (QED) is 0.897. The molecule has 106 valence electrons. The molecule has 3 nitrogen and oxygen atoms in total. The van der Waals surface area contributed by atoms with Crippen LogP contribution in [0.15, 0.2) is 42.7 Å². The summed E-state index contributed by atoms with van der Waals surface area (Å²) in [6.45, 7) is 8.24. The molecule has 0 bridgehead atoms. The van der Waals surface area contributed by atoms with Gasteiger partial charge in [0.05, 0.1) is 0 Å². The van der Waals surface area contributed by atoms with Gasteiger partial charge in [-0.3, -0.25) is 4.79 Å². The van der Waals surface area contributed by atoms with Gasteiger partial charge in [0.1, 0.15) is 6.04 Å². The number of nitrogens with zero attached hydrogens (tertiary/aromatic N) is 1. The Hall–Kier alpha value is -2.03. The van der Waals surface area contributed by atoms with Gasteiger partial charge in [-0.05, 0) is 55.2 Å². The van der Waals surface area contributed by atoms with Crippen LogP contribution in [-0.4, -0.2) is 10.5 Å². The predicted octanol–water partition coefficient (Wildman–Crippen LogP) is 3.94. The van der Waals surface area contributed by atoms with Crippen LogP contribution in [0.2, 0.25) is 0 Å². The van der Waals surface area contributed by atoms with Gasteiger partial charge in [-0.2, -0.15) is 0 Å². The summed E-state index contributed by atoms with van der Waals surface area (Å²) < 4.78 is 1.96. The Labute approximate surface area is 120 Å². The van der Waals surface area contributed by atoms with E-state index in [0.717, 1.165) is 5.69 Å². The first-order valence-corrected chi connectivity index (χ1v) is 6.99. The van der Waals surface area contributed by atoms with E-state index in [4.69, 9.17) is 0 Å². The minimum Gasteiger partial charge on any atom is -0.342 e. The SMILES string of the molecule is Cc1ccc(NC(=O)C(C(C)C)n2cccc2)cc1C. The van der Waals surface area contributed by atoms with Gasteiger partial charge in [-0.15, -0.1) is 0 Å². The molecular formula is C17H22N2O. The highest BCUT2D eigenvalue weighted by Crippen LogP contribution is 2.21. The van der Waals surface area contributed by atoms with Gasteiger partial charge in [-0.25, -0.2) is 0 Å². The molecule has 0 aliphatic rings. The average molecular weight is 270 g/mol. The van der Waals surface area contributed by atoms with Crippen LogP contribution in [0, 0.1) is 19.8 Å². The lowest BCUT2D eigenvalue weighted by atomic mass is 10.0. The fraction of sp³-hybridized carbons (Fsp3) is 0.353. The first kappa shape index (κ1) is 14.4. The fourth-order valence-corrected chi connectivity index (χ4v) is 2.35. The minimum absolute atomic E-state index is 0.0273. The summed E-state index contributed by atoms with van der Waals surface area (Å²) in [5.74, 6) is 0.258. The number of aryl methyl sites for hydroxylation is 2. The van der Waals surface area contributed by atoms with Gasteiger partial charge in [0.15, 0.2) is 0 Å². The maximum absolute atomic E-state index is 12.5. The highest BCUT2D eigenvalue weighted by atomic mass is 16.2. The summed E-state index contributed by atoms with van der Waals surface area (Å²) in [4.78, 5) is 12.5. The molecule has 2 rings (SSSR count). The lowest BCUT2D eigenvalue weighted by Crippen LogP contribution is -2.29. The van der Waals surface area contributed by atoms with Crippen LogP contribution < -0.4 is 5.32 Å². The van der Waals surface area contributed by atoms with Crippen LogP contribution in [0.5, 0.6) is 0 Å². The molecule has 1 aromatic carbocycles. The monoisotopic (exact) mass is 270 g/mol. The van der Waals surface area contributed by atoms with E-state index in [9.17, 15) is 4.79 Å². The molecule has 20 heavy (non-hydrogen) atoms. The van der Waals surface area contributed by atoms with Crippen LogP contribution in [-0.2, 0) is 4.79 Å². The molecule has 1 amide bonds. The Morgan fingerprint density at radius 1 is 1.10 bits per heavy atom. The Bertz CT molecular complexity index is 585. The van der Waals surface area contributed by atoms with Crippen molar-refractivity contribution >= 4 is 11.6 Å². The zero-order valence-corrected chi connectivity index (χ0v) is 12.6. The van der Waals surface area contributed by atoms with Crippen molar-refractivity contribution in [2.45, 2.75) is 33.7 Å². The number of anilines is 1. The summed E-state index contributed by atoms with van der Waals surface area (Å²) in [5, 5.41) is 3.02. The van der Waals surface area contributed by atoms with Crippen LogP contribution in [0.1, 0.15) is 31.0 Å². The van der Waals surface area contributed by atoms with E-state index in [1.165, 1.54) is 11.1 Å². The third-order valence-corrected chi connectivity index (χ3v) is 3.62. The van der Waals surface area contributed by atoms with Crippen molar-refractivity contribution in [1.82, 2.24) is 4.57 Å². The molecule has 0 saturated carbocycles. The van der Waals surface area contributed by atoms with Crippen molar-refractivity contribution in [3.8, 4) is 0 Å². The first-order chi connectivity index (χ1) is 9.49. The van der Waals surface area contributed by atoms with E-state index < -0.39 is 0 Å². The van der Waals surface area contributed by atoms with E-state index in [0.29, 0.717) is 0 Å². The summed E-state index contributed by atoms with van der Waals surface area (Å²) >= 11 is 0. The highest BCUT2D eigenvalue weighted by molar-refractivity contribution is 5.94. The molecule has 0 radical (unpaired) electrons. The number of rotatable bonds is 4. The fourth-order valence-electron chi connectivity index (χ4n) is 2.35. The van der Waals surface area contributed by atoms with E-state index >= 15 is 0 Å². The maximum Gasteiger partial charge on any atom is 0.247 e. The molecule has 0 saturated heterocycles. The first-order valence-electron chi connectivity index (χ1n) is 6.99. The van der Waals surface area contributed by atoms with E-state index in [-0.39, 0.29) is 17.9 Å². The second-order valence-corrected chi connectivity index (χ2v) is 5.61. The third kappa shape index (κ3) is 3.10. The molecule has 1 unspecified atom stereocenters. The Balaban J connectivity index is 2.19. The largest absolute Gasteiger partial charge is 0.342 e. The van der Waals surface area contributed by atoms with Gasteiger partial charge >= 0.3 is 0 Å². The number of amides is 1. The number of aromatic nitrogens is 1. The molecule has 1 atom stereocenters. The zero-order valence-electron chi connectivity index (χ0n) is 12.6. The molecule has 3 heteroatoms. The molecule has 0 aliphatic heterocycles. The van der Waals surface area contributed by atoms with E-state index in [1.807, 2.05) is 47.3 Å². The van der Waals surface area contributed by atoms with Crippen LogP contribution in [0.25, 0.3) is 0 Å². The molecule has 1 N–H and O–H groups in total. The second-order valence-electron chi connectivity index (χ2n) is 5.61. The second kappa shape index (κ2) is 5.95. The van der Waals surface area contributed by atoms with Gasteiger partial charge in [0.25, 0.3) is 0 Å². The topological polar surface area (TPSA) is 34.0 Å². The van der Waals surface area contributed by atoms with Gasteiger partial charge in [0, 0.05) is 18.1 Å². The highest BCUT2D eigenvalue weighted by Gasteiger charge is 2.23. The normalized spacial score (nSPS) is 12.4. The third-order valence-electron chi connectivity index (χ3n) is 3.62. The van der Waals surface area contributed by atoms with Gasteiger partial charge < -0.3 is 9.88 Å². The number of hydrogen-bond acceptors (Lipinski definition) is 1. The average Bonchev–Trinajstić information content (AvgIpc) is 2.87. The molecule has 0 aliphatic carbocycles. The molecular weight excluding hydrogens is 248 g/mol. The van der Waals surface area contributed by atoms with Crippen LogP contribution in [0.3, 0.4) is 0 Å².